The van der Waals surface area contributed by atoms with Gasteiger partial charge in [0.25, 0.3) is 0 Å². The van der Waals surface area contributed by atoms with E-state index in [1.54, 1.807) is 6.33 Å². The molecule has 2 aromatic heterocycles. The normalized spacial score (nSPS) is 17.6. The van der Waals surface area contributed by atoms with E-state index < -0.39 is 0 Å². The third-order valence-corrected chi connectivity index (χ3v) is 12.1. The number of pyridine rings is 1. The van der Waals surface area contributed by atoms with E-state index in [-0.39, 0.29) is 21.7 Å². The summed E-state index contributed by atoms with van der Waals surface area (Å²) in [6, 6.07) is 35.2. The van der Waals surface area contributed by atoms with Gasteiger partial charge in [-0.25, -0.2) is 15.0 Å². The van der Waals surface area contributed by atoms with E-state index in [0.717, 1.165) is 11.6 Å². The summed E-state index contributed by atoms with van der Waals surface area (Å²) in [4.78, 5) is 18.6. The van der Waals surface area contributed by atoms with Crippen molar-refractivity contribution in [3.05, 3.63) is 160 Å². The van der Waals surface area contributed by atoms with Crippen LogP contribution in [0.25, 0.3) is 0 Å². The lowest BCUT2D eigenvalue weighted by atomic mass is 9.67. The molecule has 4 aromatic carbocycles. The molecule has 0 N–H and O–H groups in total. The van der Waals surface area contributed by atoms with E-state index in [4.69, 9.17) is 9.97 Å². The maximum atomic E-state index is 4.81. The lowest BCUT2D eigenvalue weighted by Crippen LogP contribution is -2.38. The maximum absolute atomic E-state index is 4.81. The third-order valence-electron chi connectivity index (χ3n) is 12.1. The minimum Gasteiger partial charge on any atom is -0.294 e. The van der Waals surface area contributed by atoms with E-state index in [9.17, 15) is 0 Å². The summed E-state index contributed by atoms with van der Waals surface area (Å²) in [5.74, 6) is 2.07. The van der Waals surface area contributed by atoms with E-state index in [1.807, 2.05) is 26.2 Å². The fourth-order valence-corrected chi connectivity index (χ4v) is 9.25. The summed E-state index contributed by atoms with van der Waals surface area (Å²) >= 11 is 0. The fourth-order valence-electron chi connectivity index (χ4n) is 9.25. The van der Waals surface area contributed by atoms with Crippen LogP contribution in [-0.4, -0.2) is 15.0 Å². The molecule has 0 fully saturated rings. The summed E-state index contributed by atoms with van der Waals surface area (Å²) in [6.45, 7) is 22.5. The van der Waals surface area contributed by atoms with Crippen molar-refractivity contribution in [2.75, 3.05) is 9.80 Å². The number of aromatic nitrogens is 3. The van der Waals surface area contributed by atoms with Gasteiger partial charge < -0.3 is 0 Å². The van der Waals surface area contributed by atoms with E-state index >= 15 is 0 Å². The van der Waals surface area contributed by atoms with Gasteiger partial charge in [0, 0.05) is 45.2 Å². The zero-order valence-electron chi connectivity index (χ0n) is 32.2. The summed E-state index contributed by atoms with van der Waals surface area (Å²) in [7, 11) is 0. The Balaban J connectivity index is 0.000000142. The van der Waals surface area contributed by atoms with Gasteiger partial charge in [0.1, 0.15) is 18.0 Å². The number of benzene rings is 4. The minimum atomic E-state index is -0.124. The van der Waals surface area contributed by atoms with Gasteiger partial charge >= 0.3 is 0 Å². The zero-order chi connectivity index (χ0) is 36.8. The molecule has 0 saturated carbocycles. The molecular formula is C47H49N5. The van der Waals surface area contributed by atoms with Gasteiger partial charge in [-0.1, -0.05) is 148 Å². The van der Waals surface area contributed by atoms with Crippen molar-refractivity contribution in [1.82, 2.24) is 15.0 Å². The molecule has 0 amide bonds. The number of nitrogens with zero attached hydrogens (tertiary/aromatic N) is 5. The molecule has 6 aromatic rings. The first-order chi connectivity index (χ1) is 24.9. The van der Waals surface area contributed by atoms with Crippen LogP contribution in [0.1, 0.15) is 114 Å². The highest BCUT2D eigenvalue weighted by atomic mass is 15.2. The van der Waals surface area contributed by atoms with Gasteiger partial charge in [-0.3, -0.25) is 9.80 Å². The second-order valence-corrected chi connectivity index (χ2v) is 16.2. The predicted octanol–water partition coefficient (Wildman–Crippen LogP) is 12.1. The number of hydrogen-bond acceptors (Lipinski definition) is 5. The summed E-state index contributed by atoms with van der Waals surface area (Å²) in [5.41, 5.74) is 15.5. The second-order valence-electron chi connectivity index (χ2n) is 16.2. The molecule has 0 atom stereocenters. The van der Waals surface area contributed by atoms with Gasteiger partial charge in [-0.15, -0.1) is 0 Å². The number of para-hydroxylation sites is 4. The Morgan fingerprint density at radius 1 is 0.404 bits per heavy atom. The van der Waals surface area contributed by atoms with Crippen molar-refractivity contribution in [2.24, 2.45) is 0 Å². The number of fused-ring (bicyclic) bond motifs is 8. The monoisotopic (exact) mass is 683 g/mol. The molecule has 0 saturated heterocycles. The fraction of sp³-hybridized carbons (Fsp3) is 0.298. The Labute approximate surface area is 309 Å². The zero-order valence-corrected chi connectivity index (χ0v) is 32.2. The number of anilines is 6. The summed E-state index contributed by atoms with van der Waals surface area (Å²) in [6.07, 6.45) is 5.54. The predicted molar refractivity (Wildman–Crippen MR) is 215 cm³/mol. The molecule has 262 valence electrons. The average molecular weight is 684 g/mol. The minimum absolute atomic E-state index is 0.0270. The molecule has 5 nitrogen and oxygen atoms in total. The SMILES string of the molecule is CC.CC1(C)c2ccccc2N2c3ncccc3C(C)(C)c3cccc1c32.CC1(C)c2ccccc2N2c3ncncc3C(C)(C)c3cccc1c32. The molecule has 5 heteroatoms. The molecule has 0 spiro atoms. The Hall–Kier alpha value is -5.29. The van der Waals surface area contributed by atoms with Crippen LogP contribution in [0.15, 0.2) is 116 Å². The first kappa shape index (κ1) is 33.8. The van der Waals surface area contributed by atoms with Crippen molar-refractivity contribution >= 4 is 34.4 Å². The Morgan fingerprint density at radius 2 is 0.788 bits per heavy atom. The standard InChI is InChI=1S/C23H22N2.C22H21N3.C2H6/c1-22(2)15-9-5-6-13-19(15)25-20-16(22)10-7-11-17(20)23(3,4)18-12-8-14-24-21(18)25;1-21(2)14-8-5-6-11-18(14)25-19-15(21)9-7-10-16(19)22(3,4)17-12-23-13-24-20(17)25;1-2/h5-14H,1-4H3;5-13H,1-4H3;1-2H3. The van der Waals surface area contributed by atoms with Gasteiger partial charge in [-0.05, 0) is 51.6 Å². The Bertz CT molecular complexity index is 2040. The van der Waals surface area contributed by atoms with Crippen molar-refractivity contribution in [2.45, 2.75) is 90.9 Å². The van der Waals surface area contributed by atoms with E-state index in [0.29, 0.717) is 0 Å². The van der Waals surface area contributed by atoms with Crippen LogP contribution in [0.4, 0.5) is 34.4 Å². The third kappa shape index (κ3) is 4.44. The van der Waals surface area contributed by atoms with Gasteiger partial charge in [0.2, 0.25) is 0 Å². The van der Waals surface area contributed by atoms with Crippen molar-refractivity contribution in [3.8, 4) is 0 Å². The Morgan fingerprint density at radius 3 is 1.29 bits per heavy atom. The first-order valence-electron chi connectivity index (χ1n) is 18.7. The van der Waals surface area contributed by atoms with Crippen molar-refractivity contribution in [3.63, 3.8) is 0 Å². The summed E-state index contributed by atoms with van der Waals surface area (Å²) in [5, 5.41) is 0. The largest absolute Gasteiger partial charge is 0.294 e. The van der Waals surface area contributed by atoms with Crippen LogP contribution in [0.2, 0.25) is 0 Å². The van der Waals surface area contributed by atoms with E-state index in [1.165, 1.54) is 67.3 Å². The molecule has 0 aliphatic carbocycles. The molecule has 0 bridgehead atoms. The van der Waals surface area contributed by atoms with Crippen LogP contribution in [0.5, 0.6) is 0 Å². The van der Waals surface area contributed by atoms with Gasteiger partial charge in [0.05, 0.1) is 22.7 Å². The van der Waals surface area contributed by atoms with Gasteiger partial charge in [0.15, 0.2) is 0 Å². The van der Waals surface area contributed by atoms with Gasteiger partial charge in [-0.2, -0.15) is 0 Å². The highest BCUT2D eigenvalue weighted by molar-refractivity contribution is 5.92. The maximum Gasteiger partial charge on any atom is 0.145 e. The smallest absolute Gasteiger partial charge is 0.145 e. The molecule has 4 aliphatic rings. The molecule has 6 heterocycles. The van der Waals surface area contributed by atoms with Crippen LogP contribution in [0.3, 0.4) is 0 Å². The lowest BCUT2D eigenvalue weighted by Gasteiger charge is -2.48. The highest BCUT2D eigenvalue weighted by Crippen LogP contribution is 2.60. The summed E-state index contributed by atoms with van der Waals surface area (Å²) < 4.78 is 0. The lowest BCUT2D eigenvalue weighted by molar-refractivity contribution is 0.591. The molecule has 52 heavy (non-hydrogen) atoms. The quantitative estimate of drug-likeness (QED) is 0.159. The van der Waals surface area contributed by atoms with Crippen molar-refractivity contribution in [1.29, 1.82) is 0 Å². The van der Waals surface area contributed by atoms with E-state index in [2.05, 4.69) is 167 Å². The molecule has 0 radical (unpaired) electrons. The molecule has 0 unspecified atom stereocenters. The highest BCUT2D eigenvalue weighted by Gasteiger charge is 2.47. The van der Waals surface area contributed by atoms with Crippen molar-refractivity contribution < 1.29 is 0 Å². The molecule has 10 rings (SSSR count). The molecule has 4 aliphatic heterocycles. The number of hydrogen-bond donors (Lipinski definition) is 0. The van der Waals surface area contributed by atoms with Crippen LogP contribution < -0.4 is 9.80 Å². The second kappa shape index (κ2) is 11.6. The molecular weight excluding hydrogens is 635 g/mol. The average Bonchev–Trinajstić information content (AvgIpc) is 3.16. The van der Waals surface area contributed by atoms with Crippen LogP contribution in [0, 0.1) is 0 Å². The Kier molecular flexibility index (Phi) is 7.55. The number of rotatable bonds is 0. The first-order valence-corrected chi connectivity index (χ1v) is 18.7. The van der Waals surface area contributed by atoms with Crippen LogP contribution in [-0.2, 0) is 21.7 Å². The van der Waals surface area contributed by atoms with Crippen LogP contribution >= 0.6 is 0 Å². The topological polar surface area (TPSA) is 45.2 Å².